The number of benzene rings is 2. The van der Waals surface area contributed by atoms with Crippen molar-refractivity contribution in [2.24, 2.45) is 0 Å². The van der Waals surface area contributed by atoms with Crippen molar-refractivity contribution in [3.8, 4) is 5.75 Å². The number of carbonyl (C=O) groups excluding carboxylic acids is 1. The van der Waals surface area contributed by atoms with Gasteiger partial charge in [-0.1, -0.05) is 30.7 Å². The van der Waals surface area contributed by atoms with Gasteiger partial charge in [-0.2, -0.15) is 0 Å². The summed E-state index contributed by atoms with van der Waals surface area (Å²) in [6, 6.07) is 12.8. The number of methoxy groups -OCH3 is 1. The van der Waals surface area contributed by atoms with Crippen molar-refractivity contribution in [1.82, 2.24) is 9.80 Å². The molecule has 1 aliphatic rings. The van der Waals surface area contributed by atoms with Crippen LogP contribution in [0.25, 0.3) is 0 Å². The number of halogens is 1. The molecule has 0 spiro atoms. The minimum absolute atomic E-state index is 0.0441. The molecule has 0 aromatic heterocycles. The van der Waals surface area contributed by atoms with Gasteiger partial charge in [0.05, 0.1) is 28.4 Å². The first kappa shape index (κ1) is 20.8. The standard InChI is InChI=1S/C21H25ClN2O3S/c1-3-28(26)20-7-5-4-6-18(20)21(25)24-12-10-23(11-13-24)15-16-14-17(22)8-9-19(16)27-2/h4-9,14H,3,10-13,15H2,1-2H3. The fraction of sp³-hybridized carbons (Fsp3) is 0.381. The van der Waals surface area contributed by atoms with Gasteiger partial charge in [-0.15, -0.1) is 0 Å². The van der Waals surface area contributed by atoms with Crippen molar-refractivity contribution in [2.45, 2.75) is 18.4 Å². The van der Waals surface area contributed by atoms with Gasteiger partial charge in [0, 0.05) is 49.1 Å². The fourth-order valence-electron chi connectivity index (χ4n) is 3.39. The first-order valence-electron chi connectivity index (χ1n) is 9.35. The van der Waals surface area contributed by atoms with E-state index in [-0.39, 0.29) is 5.91 Å². The Morgan fingerprint density at radius 1 is 1.14 bits per heavy atom. The van der Waals surface area contributed by atoms with E-state index < -0.39 is 10.8 Å². The average Bonchev–Trinajstić information content (AvgIpc) is 2.73. The van der Waals surface area contributed by atoms with E-state index in [1.54, 1.807) is 19.2 Å². The SMILES string of the molecule is CCS(=O)c1ccccc1C(=O)N1CCN(Cc2cc(Cl)ccc2OC)CC1. The van der Waals surface area contributed by atoms with Crippen LogP contribution in [0.5, 0.6) is 5.75 Å². The van der Waals surface area contributed by atoms with Gasteiger partial charge in [0.1, 0.15) is 5.75 Å². The van der Waals surface area contributed by atoms with Crippen molar-refractivity contribution in [1.29, 1.82) is 0 Å². The first-order chi connectivity index (χ1) is 13.5. The third-order valence-corrected chi connectivity index (χ3v) is 6.53. The van der Waals surface area contributed by atoms with E-state index in [2.05, 4.69) is 4.90 Å². The summed E-state index contributed by atoms with van der Waals surface area (Å²) in [4.78, 5) is 17.7. The summed E-state index contributed by atoms with van der Waals surface area (Å²) >= 11 is 6.12. The van der Waals surface area contributed by atoms with Crippen LogP contribution in [0.15, 0.2) is 47.4 Å². The van der Waals surface area contributed by atoms with E-state index in [0.29, 0.717) is 34.3 Å². The van der Waals surface area contributed by atoms with Crippen molar-refractivity contribution in [3.05, 3.63) is 58.6 Å². The Balaban J connectivity index is 1.65. The molecule has 1 amide bonds. The zero-order valence-electron chi connectivity index (χ0n) is 16.2. The van der Waals surface area contributed by atoms with Gasteiger partial charge in [0.15, 0.2) is 0 Å². The van der Waals surface area contributed by atoms with E-state index in [1.807, 2.05) is 42.2 Å². The fourth-order valence-corrected chi connectivity index (χ4v) is 4.53. The molecule has 1 fully saturated rings. The number of rotatable bonds is 6. The molecule has 0 radical (unpaired) electrons. The maximum absolute atomic E-state index is 13.0. The molecule has 1 atom stereocenters. The van der Waals surface area contributed by atoms with Crippen LogP contribution in [0, 0.1) is 0 Å². The Labute approximate surface area is 173 Å². The highest BCUT2D eigenvalue weighted by atomic mass is 35.5. The Morgan fingerprint density at radius 3 is 2.54 bits per heavy atom. The highest BCUT2D eigenvalue weighted by molar-refractivity contribution is 7.85. The van der Waals surface area contributed by atoms with Gasteiger partial charge in [-0.3, -0.25) is 13.9 Å². The molecular formula is C21H25ClN2O3S. The molecule has 7 heteroatoms. The topological polar surface area (TPSA) is 49.9 Å². The lowest BCUT2D eigenvalue weighted by Gasteiger charge is -2.35. The molecule has 28 heavy (non-hydrogen) atoms. The van der Waals surface area contributed by atoms with Gasteiger partial charge in [-0.05, 0) is 30.3 Å². The second-order valence-electron chi connectivity index (χ2n) is 6.65. The summed E-state index contributed by atoms with van der Waals surface area (Å²) in [6.45, 7) is 5.38. The Hall–Kier alpha value is -1.89. The minimum Gasteiger partial charge on any atom is -0.496 e. The van der Waals surface area contributed by atoms with E-state index in [9.17, 15) is 9.00 Å². The van der Waals surface area contributed by atoms with E-state index in [0.717, 1.165) is 30.9 Å². The molecule has 1 aliphatic heterocycles. The van der Waals surface area contributed by atoms with Crippen LogP contribution in [-0.2, 0) is 17.3 Å². The van der Waals surface area contributed by atoms with Crippen LogP contribution in [0.4, 0.5) is 0 Å². The number of nitrogens with zero attached hydrogens (tertiary/aromatic N) is 2. The van der Waals surface area contributed by atoms with Gasteiger partial charge in [-0.25, -0.2) is 0 Å². The van der Waals surface area contributed by atoms with Crippen LogP contribution in [0.3, 0.4) is 0 Å². The van der Waals surface area contributed by atoms with E-state index in [4.69, 9.17) is 16.3 Å². The van der Waals surface area contributed by atoms with Crippen LogP contribution in [-0.4, -0.2) is 59.0 Å². The predicted molar refractivity (Wildman–Crippen MR) is 113 cm³/mol. The second kappa shape index (κ2) is 9.54. The zero-order chi connectivity index (χ0) is 20.1. The molecule has 1 heterocycles. The summed E-state index contributed by atoms with van der Waals surface area (Å²) in [5.41, 5.74) is 1.59. The quantitative estimate of drug-likeness (QED) is 0.718. The van der Waals surface area contributed by atoms with Crippen molar-refractivity contribution in [2.75, 3.05) is 39.0 Å². The second-order valence-corrected chi connectivity index (χ2v) is 8.80. The monoisotopic (exact) mass is 420 g/mol. The van der Waals surface area contributed by atoms with Crippen molar-refractivity contribution in [3.63, 3.8) is 0 Å². The highest BCUT2D eigenvalue weighted by Crippen LogP contribution is 2.25. The largest absolute Gasteiger partial charge is 0.496 e. The van der Waals surface area contributed by atoms with Gasteiger partial charge < -0.3 is 9.64 Å². The summed E-state index contributed by atoms with van der Waals surface area (Å²) in [5, 5.41) is 0.685. The molecule has 3 rings (SSSR count). The summed E-state index contributed by atoms with van der Waals surface area (Å²) in [7, 11) is 0.503. The lowest BCUT2D eigenvalue weighted by molar-refractivity contribution is 0.0624. The first-order valence-corrected chi connectivity index (χ1v) is 11.0. The van der Waals surface area contributed by atoms with Crippen LogP contribution < -0.4 is 4.74 Å². The lowest BCUT2D eigenvalue weighted by Crippen LogP contribution is -2.48. The maximum atomic E-state index is 13.0. The molecule has 0 bridgehead atoms. The normalized spacial score (nSPS) is 16.0. The number of ether oxygens (including phenoxy) is 1. The molecule has 1 saturated heterocycles. The number of amides is 1. The van der Waals surface area contributed by atoms with Crippen molar-refractivity contribution < 1.29 is 13.7 Å². The molecule has 150 valence electrons. The minimum atomic E-state index is -1.15. The molecule has 2 aromatic rings. The van der Waals surface area contributed by atoms with Gasteiger partial charge in [0.2, 0.25) is 0 Å². The third-order valence-electron chi connectivity index (χ3n) is 4.92. The molecule has 1 unspecified atom stereocenters. The summed E-state index contributed by atoms with van der Waals surface area (Å²) in [6.07, 6.45) is 0. The van der Waals surface area contributed by atoms with Crippen LogP contribution in [0.1, 0.15) is 22.8 Å². The molecular weight excluding hydrogens is 396 g/mol. The van der Waals surface area contributed by atoms with E-state index >= 15 is 0 Å². The van der Waals surface area contributed by atoms with Crippen molar-refractivity contribution >= 4 is 28.3 Å². The predicted octanol–water partition coefficient (Wildman–Crippen LogP) is 3.43. The molecule has 0 saturated carbocycles. The van der Waals surface area contributed by atoms with Gasteiger partial charge >= 0.3 is 0 Å². The maximum Gasteiger partial charge on any atom is 0.255 e. The smallest absolute Gasteiger partial charge is 0.255 e. The molecule has 2 aromatic carbocycles. The van der Waals surface area contributed by atoms with Crippen LogP contribution in [0.2, 0.25) is 5.02 Å². The summed E-state index contributed by atoms with van der Waals surface area (Å²) in [5.74, 6) is 1.27. The zero-order valence-corrected chi connectivity index (χ0v) is 17.8. The molecule has 0 N–H and O–H groups in total. The Kier molecular flexibility index (Phi) is 7.10. The number of hydrogen-bond acceptors (Lipinski definition) is 4. The highest BCUT2D eigenvalue weighted by Gasteiger charge is 2.25. The molecule has 0 aliphatic carbocycles. The van der Waals surface area contributed by atoms with E-state index in [1.165, 1.54) is 0 Å². The third kappa shape index (κ3) is 4.74. The number of hydrogen-bond donors (Lipinski definition) is 0. The molecule has 5 nitrogen and oxygen atoms in total. The Bertz CT molecular complexity index is 866. The number of piperazine rings is 1. The van der Waals surface area contributed by atoms with Gasteiger partial charge in [0.25, 0.3) is 5.91 Å². The average molecular weight is 421 g/mol. The lowest BCUT2D eigenvalue weighted by atomic mass is 10.1. The Morgan fingerprint density at radius 2 is 1.86 bits per heavy atom. The van der Waals surface area contributed by atoms with Crippen LogP contribution >= 0.6 is 11.6 Å². The number of carbonyl (C=O) groups is 1. The summed E-state index contributed by atoms with van der Waals surface area (Å²) < 4.78 is 17.7.